The normalized spacial score (nSPS) is 30.2. The van der Waals surface area contributed by atoms with Gasteiger partial charge in [-0.05, 0) is 19.8 Å². The Morgan fingerprint density at radius 2 is 2.00 bits per heavy atom. The standard InChI is InChI=1S/C16H24O4/c1-2-3-5-8-13-11-14(12-15(17)18)20-16(19-13)9-6-4-7-10-16/h2-3,5,8,13-14H,4,6-7,9-12H2,1H3,(H,17,18)/t13-,14-/m1/s1. The van der Waals surface area contributed by atoms with Gasteiger partial charge in [-0.1, -0.05) is 30.7 Å². The Morgan fingerprint density at radius 3 is 2.65 bits per heavy atom. The van der Waals surface area contributed by atoms with Gasteiger partial charge in [-0.3, -0.25) is 4.79 Å². The minimum atomic E-state index is -0.806. The number of carboxylic acid groups (broad SMARTS) is 1. The summed E-state index contributed by atoms with van der Waals surface area (Å²) >= 11 is 0. The van der Waals surface area contributed by atoms with Gasteiger partial charge in [0, 0.05) is 19.3 Å². The third-order valence-electron chi connectivity index (χ3n) is 3.89. The Morgan fingerprint density at radius 1 is 1.25 bits per heavy atom. The lowest BCUT2D eigenvalue weighted by molar-refractivity contribution is -0.320. The Balaban J connectivity index is 2.07. The van der Waals surface area contributed by atoms with Crippen LogP contribution in [0.25, 0.3) is 0 Å². The van der Waals surface area contributed by atoms with Crippen molar-refractivity contribution in [3.63, 3.8) is 0 Å². The smallest absolute Gasteiger partial charge is 0.305 e. The molecule has 0 radical (unpaired) electrons. The molecule has 0 aromatic heterocycles. The molecule has 20 heavy (non-hydrogen) atoms. The summed E-state index contributed by atoms with van der Waals surface area (Å²) in [6.45, 7) is 1.96. The Kier molecular flexibility index (Phi) is 5.38. The van der Waals surface area contributed by atoms with Gasteiger partial charge in [-0.2, -0.15) is 0 Å². The third kappa shape index (κ3) is 4.18. The zero-order valence-electron chi connectivity index (χ0n) is 12.1. The van der Waals surface area contributed by atoms with Gasteiger partial charge in [0.25, 0.3) is 0 Å². The van der Waals surface area contributed by atoms with Crippen molar-refractivity contribution in [1.29, 1.82) is 0 Å². The molecule has 2 fully saturated rings. The van der Waals surface area contributed by atoms with Crippen LogP contribution in [0, 0.1) is 0 Å². The van der Waals surface area contributed by atoms with Crippen molar-refractivity contribution in [3.8, 4) is 0 Å². The second-order valence-electron chi connectivity index (χ2n) is 5.61. The number of carboxylic acids is 1. The number of hydrogen-bond donors (Lipinski definition) is 1. The summed E-state index contributed by atoms with van der Waals surface area (Å²) in [6.07, 6.45) is 13.4. The summed E-state index contributed by atoms with van der Waals surface area (Å²) in [5.74, 6) is -1.36. The van der Waals surface area contributed by atoms with Gasteiger partial charge in [-0.15, -0.1) is 0 Å². The highest BCUT2D eigenvalue weighted by Gasteiger charge is 2.43. The van der Waals surface area contributed by atoms with E-state index < -0.39 is 11.8 Å². The van der Waals surface area contributed by atoms with E-state index in [4.69, 9.17) is 14.6 Å². The summed E-state index contributed by atoms with van der Waals surface area (Å²) < 4.78 is 12.1. The maximum Gasteiger partial charge on any atom is 0.305 e. The van der Waals surface area contributed by atoms with Crippen LogP contribution in [-0.4, -0.2) is 29.1 Å². The Hall–Kier alpha value is -1.13. The summed E-state index contributed by atoms with van der Waals surface area (Å²) in [5, 5.41) is 9.00. The van der Waals surface area contributed by atoms with Crippen LogP contribution in [-0.2, 0) is 14.3 Å². The number of hydrogen-bond acceptors (Lipinski definition) is 3. The number of allylic oxidation sites excluding steroid dienone is 3. The van der Waals surface area contributed by atoms with E-state index in [0.717, 1.165) is 25.7 Å². The molecule has 2 atom stereocenters. The average molecular weight is 280 g/mol. The summed E-state index contributed by atoms with van der Waals surface area (Å²) in [7, 11) is 0. The second kappa shape index (κ2) is 7.04. The average Bonchev–Trinajstić information content (AvgIpc) is 2.38. The quantitative estimate of drug-likeness (QED) is 0.802. The molecule has 4 heteroatoms. The number of ether oxygens (including phenoxy) is 2. The molecule has 0 aromatic carbocycles. The number of aliphatic carboxylic acids is 1. The molecule has 1 N–H and O–H groups in total. The van der Waals surface area contributed by atoms with Gasteiger partial charge >= 0.3 is 5.97 Å². The van der Waals surface area contributed by atoms with E-state index in [9.17, 15) is 4.79 Å². The Bertz CT molecular complexity index is 380. The highest BCUT2D eigenvalue weighted by molar-refractivity contribution is 5.67. The van der Waals surface area contributed by atoms with E-state index in [0.29, 0.717) is 6.42 Å². The third-order valence-corrected chi connectivity index (χ3v) is 3.89. The van der Waals surface area contributed by atoms with Crippen molar-refractivity contribution >= 4 is 5.97 Å². The monoisotopic (exact) mass is 280 g/mol. The number of carbonyl (C=O) groups is 1. The van der Waals surface area contributed by atoms with Crippen molar-refractivity contribution in [2.24, 2.45) is 0 Å². The predicted octanol–water partition coefficient (Wildman–Crippen LogP) is 3.43. The zero-order chi connectivity index (χ0) is 14.4. The highest BCUT2D eigenvalue weighted by Crippen LogP contribution is 2.40. The highest BCUT2D eigenvalue weighted by atomic mass is 16.7. The molecule has 1 aliphatic carbocycles. The van der Waals surface area contributed by atoms with E-state index in [1.807, 2.05) is 31.2 Å². The SMILES string of the molecule is CC=CC=C[C@@H]1C[C@H](CC(=O)O)OC2(CCCCC2)O1. The van der Waals surface area contributed by atoms with Crippen molar-refractivity contribution in [3.05, 3.63) is 24.3 Å². The summed E-state index contributed by atoms with van der Waals surface area (Å²) in [6, 6.07) is 0. The van der Waals surface area contributed by atoms with E-state index in [1.54, 1.807) is 0 Å². The lowest BCUT2D eigenvalue weighted by Gasteiger charge is -2.46. The molecule has 2 aliphatic rings. The first-order valence-electron chi connectivity index (χ1n) is 7.50. The molecule has 1 saturated carbocycles. The van der Waals surface area contributed by atoms with Crippen LogP contribution < -0.4 is 0 Å². The topological polar surface area (TPSA) is 55.8 Å². The van der Waals surface area contributed by atoms with Crippen LogP contribution in [0.4, 0.5) is 0 Å². The van der Waals surface area contributed by atoms with E-state index >= 15 is 0 Å². The van der Waals surface area contributed by atoms with Gasteiger partial charge in [0.2, 0.25) is 0 Å². The molecule has 112 valence electrons. The van der Waals surface area contributed by atoms with E-state index in [2.05, 4.69) is 0 Å². The van der Waals surface area contributed by atoms with Crippen LogP contribution >= 0.6 is 0 Å². The van der Waals surface area contributed by atoms with E-state index in [1.165, 1.54) is 6.42 Å². The zero-order valence-corrected chi connectivity index (χ0v) is 12.1. The lowest BCUT2D eigenvalue weighted by Crippen LogP contribution is -2.49. The predicted molar refractivity (Wildman–Crippen MR) is 76.4 cm³/mol. The largest absolute Gasteiger partial charge is 0.481 e. The molecule has 4 nitrogen and oxygen atoms in total. The molecule has 0 amide bonds. The molecule has 0 unspecified atom stereocenters. The van der Waals surface area contributed by atoms with E-state index in [-0.39, 0.29) is 18.6 Å². The van der Waals surface area contributed by atoms with Crippen molar-refractivity contribution < 1.29 is 19.4 Å². The molecular weight excluding hydrogens is 256 g/mol. The van der Waals surface area contributed by atoms with Crippen LogP contribution in [0.1, 0.15) is 51.9 Å². The van der Waals surface area contributed by atoms with Gasteiger partial charge in [0.05, 0.1) is 18.6 Å². The van der Waals surface area contributed by atoms with Crippen LogP contribution in [0.2, 0.25) is 0 Å². The first-order chi connectivity index (χ1) is 9.63. The van der Waals surface area contributed by atoms with Gasteiger partial charge in [0.15, 0.2) is 5.79 Å². The van der Waals surface area contributed by atoms with Gasteiger partial charge in [-0.25, -0.2) is 0 Å². The van der Waals surface area contributed by atoms with Crippen LogP contribution in [0.15, 0.2) is 24.3 Å². The molecule has 1 aliphatic heterocycles. The molecule has 1 spiro atoms. The molecule has 1 saturated heterocycles. The first kappa shape index (κ1) is 15.3. The van der Waals surface area contributed by atoms with Crippen molar-refractivity contribution in [2.75, 3.05) is 0 Å². The minimum absolute atomic E-state index is 0.0533. The molecule has 1 heterocycles. The fourth-order valence-electron chi connectivity index (χ4n) is 3.03. The molecular formula is C16H24O4. The van der Waals surface area contributed by atoms with Crippen molar-refractivity contribution in [2.45, 2.75) is 69.9 Å². The maximum absolute atomic E-state index is 11.0. The van der Waals surface area contributed by atoms with Crippen molar-refractivity contribution in [1.82, 2.24) is 0 Å². The molecule has 0 bridgehead atoms. The number of rotatable bonds is 4. The maximum atomic E-state index is 11.0. The second-order valence-corrected chi connectivity index (χ2v) is 5.61. The Labute approximate surface area is 120 Å². The fraction of sp³-hybridized carbons (Fsp3) is 0.688. The van der Waals surface area contributed by atoms with Crippen LogP contribution in [0.3, 0.4) is 0 Å². The van der Waals surface area contributed by atoms with Gasteiger partial charge in [0.1, 0.15) is 0 Å². The van der Waals surface area contributed by atoms with Crippen LogP contribution in [0.5, 0.6) is 0 Å². The minimum Gasteiger partial charge on any atom is -0.481 e. The molecule has 0 aromatic rings. The first-order valence-corrected chi connectivity index (χ1v) is 7.50. The fourth-order valence-corrected chi connectivity index (χ4v) is 3.03. The lowest BCUT2D eigenvalue weighted by atomic mass is 9.91. The molecule has 2 rings (SSSR count). The van der Waals surface area contributed by atoms with Gasteiger partial charge < -0.3 is 14.6 Å². The summed E-state index contributed by atoms with van der Waals surface area (Å²) in [4.78, 5) is 11.0. The summed E-state index contributed by atoms with van der Waals surface area (Å²) in [5.41, 5.74) is 0.